The van der Waals surface area contributed by atoms with Crippen LogP contribution < -0.4 is 0 Å². The monoisotopic (exact) mass is 580 g/mol. The summed E-state index contributed by atoms with van der Waals surface area (Å²) < 4.78 is 178. The molecule has 0 aromatic carbocycles. The third-order valence-corrected chi connectivity index (χ3v) is 6.49. The Morgan fingerprint density at radius 3 is 1.47 bits per heavy atom. The van der Waals surface area contributed by atoms with Crippen molar-refractivity contribution >= 4 is 12.6 Å². The topological polar surface area (TPSA) is 18.5 Å². The van der Waals surface area contributed by atoms with Crippen LogP contribution in [0.4, 0.5) is 57.1 Å². The van der Waals surface area contributed by atoms with Gasteiger partial charge in [-0.15, -0.1) is 0 Å². The minimum Gasteiger partial charge on any atom is -0.379 e. The van der Waals surface area contributed by atoms with E-state index in [1.54, 1.807) is 20.8 Å². The van der Waals surface area contributed by atoms with Gasteiger partial charge < -0.3 is 9.47 Å². The molecule has 2 unspecified atom stereocenters. The second-order valence-electron chi connectivity index (χ2n) is 9.04. The zero-order valence-corrected chi connectivity index (χ0v) is 20.7. The predicted octanol–water partition coefficient (Wildman–Crippen LogP) is 8.40. The Hall–Kier alpha value is -0.640. The number of thiol groups is 1. The van der Waals surface area contributed by atoms with Crippen molar-refractivity contribution < 1.29 is 66.5 Å². The highest BCUT2D eigenvalue weighted by molar-refractivity contribution is 7.82. The summed E-state index contributed by atoms with van der Waals surface area (Å²) in [6.07, 6.45) is -31.9. The standard InChI is InChI=1S/C20H29F13O2S/c1-5-14(4,7-9-34-12(2)3)35-8-6-13(10-15(21,17(22,23)24)18(25,26)27)11-16(36,19(28,29)30)20(31,32)33/h12-13,36H,5-11H2,1-4H3. The summed E-state index contributed by atoms with van der Waals surface area (Å²) in [4.78, 5) is 0. The van der Waals surface area contributed by atoms with Gasteiger partial charge in [-0.05, 0) is 52.4 Å². The fraction of sp³-hybridized carbons (Fsp3) is 1.00. The van der Waals surface area contributed by atoms with Gasteiger partial charge in [0, 0.05) is 19.6 Å². The molecule has 0 rings (SSSR count). The van der Waals surface area contributed by atoms with Crippen LogP contribution >= 0.6 is 12.6 Å². The summed E-state index contributed by atoms with van der Waals surface area (Å²) >= 11 is 2.58. The average molecular weight is 580 g/mol. The SMILES string of the molecule is CCC(C)(CCOC(C)C)OCCC(CC(F)(C(F)(F)F)C(F)(F)F)CC(S)(C(F)(F)F)C(F)(F)F. The normalized spacial score (nSPS) is 17.4. The van der Waals surface area contributed by atoms with Crippen LogP contribution in [0.15, 0.2) is 0 Å². The molecule has 36 heavy (non-hydrogen) atoms. The van der Waals surface area contributed by atoms with Crippen molar-refractivity contribution in [2.45, 2.75) is 107 Å². The Bertz CT molecular complexity index is 602. The molecule has 0 aromatic heterocycles. The third-order valence-electron chi connectivity index (χ3n) is 5.80. The lowest BCUT2D eigenvalue weighted by atomic mass is 9.81. The van der Waals surface area contributed by atoms with Gasteiger partial charge in [0.1, 0.15) is 0 Å². The Morgan fingerprint density at radius 2 is 1.14 bits per heavy atom. The molecule has 0 aliphatic heterocycles. The van der Waals surface area contributed by atoms with E-state index in [4.69, 9.17) is 9.47 Å². The summed E-state index contributed by atoms with van der Waals surface area (Å²) in [6.45, 7) is 5.70. The Morgan fingerprint density at radius 1 is 0.694 bits per heavy atom. The van der Waals surface area contributed by atoms with Crippen molar-refractivity contribution in [3.8, 4) is 0 Å². The quantitative estimate of drug-likeness (QED) is 0.174. The van der Waals surface area contributed by atoms with Crippen molar-refractivity contribution in [3.63, 3.8) is 0 Å². The second-order valence-corrected chi connectivity index (χ2v) is 9.80. The number of alkyl halides is 13. The fourth-order valence-corrected chi connectivity index (χ4v) is 3.47. The van der Waals surface area contributed by atoms with E-state index in [9.17, 15) is 57.1 Å². The molecule has 0 radical (unpaired) electrons. The van der Waals surface area contributed by atoms with Gasteiger partial charge in [-0.2, -0.15) is 65.3 Å². The summed E-state index contributed by atoms with van der Waals surface area (Å²) in [6, 6.07) is 0. The summed E-state index contributed by atoms with van der Waals surface area (Å²) in [5, 5.41) is 0. The summed E-state index contributed by atoms with van der Waals surface area (Å²) in [7, 11) is 0. The van der Waals surface area contributed by atoms with E-state index in [-0.39, 0.29) is 25.6 Å². The van der Waals surface area contributed by atoms with Crippen molar-refractivity contribution in [1.82, 2.24) is 0 Å². The molecule has 2 atom stereocenters. The molecule has 0 aromatic rings. The van der Waals surface area contributed by atoms with Crippen LogP contribution in [-0.2, 0) is 9.47 Å². The van der Waals surface area contributed by atoms with E-state index in [0.717, 1.165) is 0 Å². The molecule has 0 spiro atoms. The van der Waals surface area contributed by atoms with Gasteiger partial charge in [0.2, 0.25) is 4.75 Å². The molecular formula is C20H29F13O2S. The highest BCUT2D eigenvalue weighted by atomic mass is 32.1. The largest absolute Gasteiger partial charge is 0.431 e. The van der Waals surface area contributed by atoms with E-state index in [1.807, 2.05) is 0 Å². The van der Waals surface area contributed by atoms with Crippen LogP contribution in [0.25, 0.3) is 0 Å². The molecule has 218 valence electrons. The first kappa shape index (κ1) is 35.4. The first-order chi connectivity index (χ1) is 15.8. The van der Waals surface area contributed by atoms with E-state index in [0.29, 0.717) is 0 Å². The van der Waals surface area contributed by atoms with E-state index >= 15 is 0 Å². The predicted molar refractivity (Wildman–Crippen MR) is 107 cm³/mol. The molecule has 0 amide bonds. The van der Waals surface area contributed by atoms with Gasteiger partial charge in [0.05, 0.1) is 11.7 Å². The van der Waals surface area contributed by atoms with Crippen LogP contribution in [0.2, 0.25) is 0 Å². The Kier molecular flexibility index (Phi) is 11.8. The third kappa shape index (κ3) is 8.98. The van der Waals surface area contributed by atoms with Crippen molar-refractivity contribution in [2.24, 2.45) is 5.92 Å². The molecule has 0 aliphatic carbocycles. The average Bonchev–Trinajstić information content (AvgIpc) is 2.63. The molecule has 0 N–H and O–H groups in total. The lowest BCUT2D eigenvalue weighted by Gasteiger charge is -2.39. The summed E-state index contributed by atoms with van der Waals surface area (Å²) in [5.41, 5.74) is -7.18. The minimum atomic E-state index is -6.66. The lowest BCUT2D eigenvalue weighted by Crippen LogP contribution is -2.57. The van der Waals surface area contributed by atoms with Crippen LogP contribution in [-0.4, -0.2) is 60.0 Å². The fourth-order valence-electron chi connectivity index (χ4n) is 3.21. The molecule has 0 saturated carbocycles. The zero-order valence-electron chi connectivity index (χ0n) is 19.8. The number of ether oxygens (including phenoxy) is 2. The maximum absolute atomic E-state index is 14.3. The number of hydrogen-bond acceptors (Lipinski definition) is 3. The van der Waals surface area contributed by atoms with Crippen LogP contribution in [0.5, 0.6) is 0 Å². The molecule has 0 aliphatic rings. The first-order valence-electron chi connectivity index (χ1n) is 10.7. The van der Waals surface area contributed by atoms with E-state index < -0.39 is 72.5 Å². The van der Waals surface area contributed by atoms with Gasteiger partial charge in [0.25, 0.3) is 5.67 Å². The smallest absolute Gasteiger partial charge is 0.379 e. The van der Waals surface area contributed by atoms with Gasteiger partial charge in [-0.1, -0.05) is 6.92 Å². The molecule has 0 heterocycles. The molecule has 0 bridgehead atoms. The van der Waals surface area contributed by atoms with Crippen LogP contribution in [0.3, 0.4) is 0 Å². The van der Waals surface area contributed by atoms with Gasteiger partial charge >= 0.3 is 24.7 Å². The highest BCUT2D eigenvalue weighted by Crippen LogP contribution is 2.55. The van der Waals surface area contributed by atoms with Crippen LogP contribution in [0, 0.1) is 5.92 Å². The number of rotatable bonds is 13. The van der Waals surface area contributed by atoms with Gasteiger partial charge in [-0.25, -0.2) is 4.39 Å². The van der Waals surface area contributed by atoms with Crippen molar-refractivity contribution in [1.29, 1.82) is 0 Å². The molecule has 0 saturated heterocycles. The van der Waals surface area contributed by atoms with Gasteiger partial charge in [0.15, 0.2) is 0 Å². The van der Waals surface area contributed by atoms with E-state index in [1.165, 1.54) is 6.92 Å². The zero-order chi connectivity index (χ0) is 29.0. The van der Waals surface area contributed by atoms with E-state index in [2.05, 4.69) is 12.6 Å². The molecule has 16 heteroatoms. The minimum absolute atomic E-state index is 0.100. The Balaban J connectivity index is 6.10. The lowest BCUT2D eigenvalue weighted by molar-refractivity contribution is -0.347. The maximum atomic E-state index is 14.3. The highest BCUT2D eigenvalue weighted by Gasteiger charge is 2.74. The van der Waals surface area contributed by atoms with Crippen molar-refractivity contribution in [3.05, 3.63) is 0 Å². The molecule has 2 nitrogen and oxygen atoms in total. The number of hydrogen-bond donors (Lipinski definition) is 1. The molecular weight excluding hydrogens is 551 g/mol. The van der Waals surface area contributed by atoms with Crippen LogP contribution in [0.1, 0.15) is 59.8 Å². The first-order valence-corrected chi connectivity index (χ1v) is 11.1. The van der Waals surface area contributed by atoms with Crippen molar-refractivity contribution in [2.75, 3.05) is 13.2 Å². The summed E-state index contributed by atoms with van der Waals surface area (Å²) in [5.74, 6) is -2.73. The van der Waals surface area contributed by atoms with Gasteiger partial charge in [-0.3, -0.25) is 0 Å². The number of halogens is 13. The molecule has 0 fully saturated rings. The maximum Gasteiger partial charge on any atom is 0.431 e. The second kappa shape index (κ2) is 12.0. The Labute approximate surface area is 205 Å².